The van der Waals surface area contributed by atoms with Gasteiger partial charge in [0.25, 0.3) is 0 Å². The van der Waals surface area contributed by atoms with Crippen LogP contribution in [0.3, 0.4) is 0 Å². The number of aromatic nitrogens is 4. The van der Waals surface area contributed by atoms with Gasteiger partial charge in [0.2, 0.25) is 0 Å². The lowest BCUT2D eigenvalue weighted by Crippen LogP contribution is -2.60. The minimum Gasteiger partial charge on any atom is -0.542 e. The molecule has 10 rings (SSSR count). The Morgan fingerprint density at radius 1 is 0.523 bits per heavy atom. The summed E-state index contributed by atoms with van der Waals surface area (Å²) in [6.45, 7) is 31.6. The largest absolute Gasteiger partial charge is 0.542 e. The molecule has 0 saturated carbocycles. The SMILES string of the molecule is C=CCOc1ccc2[nH]cc(C[C@@H](C)NC(=O)OC(C)(C)C)c2c1.C[C@@H]([NH3+])Cc1c[nH]c2ccc(OCC3CO3)cc12.C[C@H](Cc1c[nH]c2ccc(O)cc12)NC(=O)OC(C)(C)C.C[C@H](Cc1c[nH]c2ccc(OCC3CO3)cc12)NC(=O)OC(C)(C)C.O=C([O-])C(F)(F)F.O=C=O.O=C=O.O=C=O.O=C=O. The molecular formula is C74H93F3N8O22. The van der Waals surface area contributed by atoms with Crippen LogP contribution in [0.15, 0.2) is 110 Å². The van der Waals surface area contributed by atoms with Gasteiger partial charge in [0.05, 0.1) is 19.3 Å². The first-order valence-electron chi connectivity index (χ1n) is 33.0. The molecule has 2 aliphatic heterocycles. The number of phenolic OH excluding ortho intramolecular Hbond substituents is 1. The maximum Gasteiger partial charge on any atom is 0.430 e. The Balaban J connectivity index is 0.000000449. The standard InChI is InChI=1S/C19H26N2O4.C19H26N2O3.C16H22N2O3.C14H18N2O2.C2HF3O2.4CO2/c1-12(21-18(22)25-19(2,3)4)7-13-9-20-17-6-5-14(8-16(13)17)23-10-15-11-24-15;1-6-9-23-15-7-8-17-16(11-15)14(12-20-17)10-13(2)21-18(22)24-19(3,4)5;1-10(18-15(20)21-16(2,3)4)7-11-9-17-14-6-5-12(19)8-13(11)14;1-9(15)4-10-6-16-14-3-2-11(5-13(10)14)17-7-12-8-18-12;3-2(4,5)1(6)7;4*2-1-3/h5-6,8-9,12,15,20H,7,10-11H2,1-4H3,(H,21,22);6-8,11-13,20H,1,9-10H2,2-5H3,(H,21,22);5-6,8-10,17,19H,7H2,1-4H3,(H,18,20);2-3,5-6,9,12,16H,4,7-8,15H2,1H3;(H,6,7);;;;/t12-,15?;13-;10-;9-,12?;;;;;/m1111...../s1. The van der Waals surface area contributed by atoms with Crippen LogP contribution in [0.2, 0.25) is 0 Å². The van der Waals surface area contributed by atoms with E-state index in [1.54, 1.807) is 18.2 Å². The van der Waals surface area contributed by atoms with Crippen molar-refractivity contribution in [3.8, 4) is 23.0 Å². The van der Waals surface area contributed by atoms with E-state index >= 15 is 0 Å². The molecule has 6 atom stereocenters. The highest BCUT2D eigenvalue weighted by atomic mass is 19.4. The van der Waals surface area contributed by atoms with E-state index < -0.39 is 47.2 Å². The Bertz CT molecular complexity index is 4190. The predicted octanol–water partition coefficient (Wildman–Crippen LogP) is 9.00. The Kier molecular flexibility index (Phi) is 38.5. The van der Waals surface area contributed by atoms with Crippen LogP contribution in [-0.2, 0) is 92.5 Å². The molecule has 0 spiro atoms. The molecule has 107 heavy (non-hydrogen) atoms. The number of aromatic amines is 4. The third kappa shape index (κ3) is 38.2. The summed E-state index contributed by atoms with van der Waals surface area (Å²) in [5.74, 6) is -0.230. The zero-order chi connectivity index (χ0) is 80.8. The number of fused-ring (bicyclic) bond motifs is 4. The molecule has 0 aliphatic carbocycles. The highest BCUT2D eigenvalue weighted by Gasteiger charge is 2.29. The van der Waals surface area contributed by atoms with Crippen molar-refractivity contribution in [1.29, 1.82) is 0 Å². The van der Waals surface area contributed by atoms with Crippen LogP contribution in [0.4, 0.5) is 27.6 Å². The van der Waals surface area contributed by atoms with E-state index in [-0.39, 0.29) is 54.6 Å². The first kappa shape index (κ1) is 91.5. The number of phenols is 1. The van der Waals surface area contributed by atoms with E-state index in [1.807, 2.05) is 150 Å². The maximum atomic E-state index is 11.9. The summed E-state index contributed by atoms with van der Waals surface area (Å²) in [6, 6.07) is 23.5. The average molecular weight is 1500 g/mol. The van der Waals surface area contributed by atoms with Gasteiger partial charge in [-0.3, -0.25) is 0 Å². The number of alkyl carbamates (subject to hydrolysis) is 3. The number of epoxide rings is 2. The molecule has 3 amide bonds. The van der Waals surface area contributed by atoms with E-state index in [4.69, 9.17) is 86.2 Å². The smallest absolute Gasteiger partial charge is 0.430 e. The van der Waals surface area contributed by atoms with E-state index in [1.165, 1.54) is 10.9 Å². The first-order chi connectivity index (χ1) is 50.1. The Hall–Kier alpha value is -11.5. The van der Waals surface area contributed by atoms with Gasteiger partial charge in [-0.25, -0.2) is 14.4 Å². The minimum absolute atomic E-state index is 0.0433. The van der Waals surface area contributed by atoms with E-state index in [2.05, 4.69) is 73.5 Å². The fourth-order valence-corrected chi connectivity index (χ4v) is 9.49. The third-order valence-electron chi connectivity index (χ3n) is 13.7. The minimum atomic E-state index is -5.19. The molecule has 2 aliphatic rings. The number of quaternary nitrogens is 1. The predicted molar refractivity (Wildman–Crippen MR) is 376 cm³/mol. The van der Waals surface area contributed by atoms with Crippen molar-refractivity contribution in [2.24, 2.45) is 0 Å². The number of amides is 3. The summed E-state index contributed by atoms with van der Waals surface area (Å²) in [7, 11) is 0. The van der Waals surface area contributed by atoms with E-state index in [0.717, 1.165) is 91.8 Å². The molecule has 2 fully saturated rings. The lowest BCUT2D eigenvalue weighted by Gasteiger charge is -2.22. The zero-order valence-electron chi connectivity index (χ0n) is 61.7. The molecule has 2 unspecified atom stereocenters. The fraction of sp³-hybridized carbons (Fsp3) is 0.432. The number of aromatic hydroxyl groups is 1. The molecule has 0 bridgehead atoms. The normalized spacial score (nSPS) is 14.0. The second-order valence-corrected chi connectivity index (χ2v) is 26.9. The van der Waals surface area contributed by atoms with Crippen molar-refractivity contribution in [2.45, 2.75) is 175 Å². The highest BCUT2D eigenvalue weighted by Crippen LogP contribution is 2.30. The van der Waals surface area contributed by atoms with Crippen molar-refractivity contribution in [3.05, 3.63) is 132 Å². The summed E-state index contributed by atoms with van der Waals surface area (Å²) in [5, 5.41) is 31.3. The van der Waals surface area contributed by atoms with Crippen molar-refractivity contribution in [3.63, 3.8) is 0 Å². The monoisotopic (exact) mass is 1500 g/mol. The van der Waals surface area contributed by atoms with Gasteiger partial charge in [-0.05, 0) is 204 Å². The number of hydrogen-bond acceptors (Lipinski definition) is 22. The lowest BCUT2D eigenvalue weighted by molar-refractivity contribution is -0.413. The molecule has 6 heterocycles. The van der Waals surface area contributed by atoms with Gasteiger partial charge in [0, 0.05) is 92.9 Å². The number of carboxylic acids is 1. The van der Waals surface area contributed by atoms with Crippen LogP contribution in [0.25, 0.3) is 43.6 Å². The number of rotatable bonds is 20. The number of carboxylic acid groups (broad SMARTS) is 1. The number of carbonyl (C=O) groups is 4. The number of aliphatic carboxylic acids is 1. The van der Waals surface area contributed by atoms with Crippen LogP contribution >= 0.6 is 0 Å². The summed E-state index contributed by atoms with van der Waals surface area (Å²) in [4.78, 5) is 122. The highest BCUT2D eigenvalue weighted by molar-refractivity contribution is 5.87. The molecule has 33 heteroatoms. The van der Waals surface area contributed by atoms with Gasteiger partial charge < -0.3 is 94.5 Å². The average Bonchev–Trinajstić information content (AvgIpc) is 1.71. The van der Waals surface area contributed by atoms with Crippen molar-refractivity contribution in [2.75, 3.05) is 33.0 Å². The summed E-state index contributed by atoms with van der Waals surface area (Å²) >= 11 is 0. The zero-order valence-corrected chi connectivity index (χ0v) is 61.7. The Morgan fingerprint density at radius 2 is 0.785 bits per heavy atom. The molecule has 4 aromatic heterocycles. The van der Waals surface area contributed by atoms with E-state index in [0.29, 0.717) is 51.2 Å². The van der Waals surface area contributed by atoms with Crippen LogP contribution in [0.5, 0.6) is 23.0 Å². The number of H-pyrrole nitrogens is 4. The first-order valence-corrected chi connectivity index (χ1v) is 33.0. The lowest BCUT2D eigenvalue weighted by atomic mass is 10.1. The molecule has 11 N–H and O–H groups in total. The fourth-order valence-electron chi connectivity index (χ4n) is 9.49. The second kappa shape index (κ2) is 45.0. The van der Waals surface area contributed by atoms with Crippen LogP contribution in [0.1, 0.15) is 112 Å². The van der Waals surface area contributed by atoms with Gasteiger partial charge in [-0.1, -0.05) is 12.7 Å². The van der Waals surface area contributed by atoms with Crippen LogP contribution < -0.4 is 41.0 Å². The number of halogens is 3. The van der Waals surface area contributed by atoms with Crippen LogP contribution in [0, 0.1) is 0 Å². The van der Waals surface area contributed by atoms with Crippen LogP contribution in [-0.4, -0.2) is 166 Å². The summed E-state index contributed by atoms with van der Waals surface area (Å²) < 4.78 is 74.7. The van der Waals surface area contributed by atoms with Gasteiger partial charge in [0.15, 0.2) is 0 Å². The number of carbonyl (C=O) groups excluding carboxylic acids is 12. The topological polar surface area (TPSA) is 455 Å². The number of ether oxygens (including phenoxy) is 8. The maximum absolute atomic E-state index is 11.9. The molecule has 582 valence electrons. The Labute approximate surface area is 614 Å². The van der Waals surface area contributed by atoms with Crippen molar-refractivity contribution in [1.82, 2.24) is 35.9 Å². The second-order valence-electron chi connectivity index (χ2n) is 26.9. The van der Waals surface area contributed by atoms with Crippen molar-refractivity contribution >= 4 is 92.5 Å². The molecule has 2 saturated heterocycles. The van der Waals surface area contributed by atoms with E-state index in [9.17, 15) is 32.7 Å². The number of hydrogen-bond donors (Lipinski definition) is 9. The molecular weight excluding hydrogens is 1410 g/mol. The molecule has 30 nitrogen and oxygen atoms in total. The molecule has 8 aromatic rings. The quantitative estimate of drug-likeness (QED) is 0.0195. The van der Waals surface area contributed by atoms with Gasteiger partial charge in [0.1, 0.15) is 77.8 Å². The van der Waals surface area contributed by atoms with Gasteiger partial charge in [-0.2, -0.15) is 51.5 Å². The summed E-state index contributed by atoms with van der Waals surface area (Å²) in [5.41, 5.74) is 11.4. The van der Waals surface area contributed by atoms with Gasteiger partial charge in [-0.15, -0.1) is 0 Å². The number of alkyl halides is 3. The molecule has 0 radical (unpaired) electrons. The number of nitrogens with one attached hydrogen (secondary N) is 7. The van der Waals surface area contributed by atoms with Crippen molar-refractivity contribution < 1.29 is 125 Å². The number of benzene rings is 4. The third-order valence-corrected chi connectivity index (χ3v) is 13.7. The summed E-state index contributed by atoms with van der Waals surface area (Å²) in [6.07, 6.45) is 7.80. The van der Waals surface area contributed by atoms with Gasteiger partial charge >= 0.3 is 49.1 Å². The molecule has 4 aromatic carbocycles. The Morgan fingerprint density at radius 3 is 1.04 bits per heavy atom.